The Bertz CT molecular complexity index is 322. The van der Waals surface area contributed by atoms with Crippen molar-refractivity contribution in [2.75, 3.05) is 12.4 Å². The monoisotopic (exact) mass is 278 g/mol. The molecule has 0 aromatic heterocycles. The first-order valence-electron chi connectivity index (χ1n) is 6.83. The molecule has 0 amide bonds. The lowest BCUT2D eigenvalue weighted by Crippen LogP contribution is -2.31. The fourth-order valence-electron chi connectivity index (χ4n) is 1.67. The highest BCUT2D eigenvalue weighted by Crippen LogP contribution is 2.10. The van der Waals surface area contributed by atoms with Crippen LogP contribution < -0.4 is 0 Å². The molecule has 0 saturated carbocycles. The summed E-state index contributed by atoms with van der Waals surface area (Å²) >= 11 is 0. The Morgan fingerprint density at radius 3 is 2.17 bits per heavy atom. The highest BCUT2D eigenvalue weighted by Gasteiger charge is 2.28. The normalized spacial score (nSPS) is 13.3. The molecule has 0 spiro atoms. The Morgan fingerprint density at radius 2 is 1.61 bits per heavy atom. The van der Waals surface area contributed by atoms with Crippen LogP contribution in [-0.4, -0.2) is 32.0 Å². The fourth-order valence-corrected chi connectivity index (χ4v) is 2.99. The molecule has 5 heteroatoms. The van der Waals surface area contributed by atoms with E-state index in [0.717, 1.165) is 19.3 Å². The number of ether oxygens (including phenoxy) is 1. The van der Waals surface area contributed by atoms with E-state index >= 15 is 0 Å². The van der Waals surface area contributed by atoms with Crippen LogP contribution in [0.3, 0.4) is 0 Å². The SMILES string of the molecule is CCCCCCCCS(=O)(=O)[C@@H](C)C(=O)OCC. The van der Waals surface area contributed by atoms with Crippen LogP contribution in [0.15, 0.2) is 0 Å². The molecule has 0 aliphatic heterocycles. The highest BCUT2D eigenvalue weighted by atomic mass is 32.2. The lowest BCUT2D eigenvalue weighted by Gasteiger charge is -2.11. The van der Waals surface area contributed by atoms with Crippen molar-refractivity contribution in [2.24, 2.45) is 0 Å². The second-order valence-electron chi connectivity index (χ2n) is 4.53. The molecular formula is C13H26O4S. The summed E-state index contributed by atoms with van der Waals surface area (Å²) in [7, 11) is -3.35. The Kier molecular flexibility index (Phi) is 9.06. The minimum absolute atomic E-state index is 0.0824. The quantitative estimate of drug-likeness (QED) is 0.455. The van der Waals surface area contributed by atoms with Gasteiger partial charge in [-0.2, -0.15) is 0 Å². The van der Waals surface area contributed by atoms with Crippen LogP contribution in [0.5, 0.6) is 0 Å². The van der Waals surface area contributed by atoms with E-state index in [0.29, 0.717) is 6.42 Å². The highest BCUT2D eigenvalue weighted by molar-refractivity contribution is 7.92. The predicted octanol–water partition coefficient (Wildman–Crippen LogP) is 2.71. The number of rotatable bonds is 10. The van der Waals surface area contributed by atoms with Gasteiger partial charge in [-0.25, -0.2) is 8.42 Å². The molecule has 0 radical (unpaired) electrons. The molecule has 4 nitrogen and oxygen atoms in total. The smallest absolute Gasteiger partial charge is 0.324 e. The van der Waals surface area contributed by atoms with Gasteiger partial charge in [0, 0.05) is 0 Å². The van der Waals surface area contributed by atoms with Crippen LogP contribution in [-0.2, 0) is 19.4 Å². The van der Waals surface area contributed by atoms with Gasteiger partial charge in [-0.15, -0.1) is 0 Å². The van der Waals surface area contributed by atoms with E-state index in [4.69, 9.17) is 4.74 Å². The molecule has 108 valence electrons. The predicted molar refractivity (Wildman–Crippen MR) is 73.3 cm³/mol. The summed E-state index contributed by atoms with van der Waals surface area (Å²) in [6.07, 6.45) is 6.15. The van der Waals surface area contributed by atoms with E-state index in [2.05, 4.69) is 6.92 Å². The van der Waals surface area contributed by atoms with Crippen LogP contribution in [0.2, 0.25) is 0 Å². The zero-order chi connectivity index (χ0) is 14.0. The molecule has 0 rings (SSSR count). The molecule has 0 fully saturated rings. The van der Waals surface area contributed by atoms with Gasteiger partial charge in [-0.3, -0.25) is 4.79 Å². The second kappa shape index (κ2) is 9.36. The Morgan fingerprint density at radius 1 is 1.06 bits per heavy atom. The summed E-state index contributed by atoms with van der Waals surface area (Å²) in [4.78, 5) is 11.4. The van der Waals surface area contributed by atoms with Gasteiger partial charge in [0.05, 0.1) is 12.4 Å². The Hall–Kier alpha value is -0.580. The first kappa shape index (κ1) is 17.4. The molecule has 0 aliphatic carbocycles. The molecule has 0 aromatic rings. The van der Waals surface area contributed by atoms with Crippen LogP contribution in [0, 0.1) is 0 Å². The van der Waals surface area contributed by atoms with Gasteiger partial charge in [0.15, 0.2) is 15.1 Å². The molecule has 0 aliphatic rings. The van der Waals surface area contributed by atoms with Gasteiger partial charge in [0.2, 0.25) is 0 Å². The van der Waals surface area contributed by atoms with Gasteiger partial charge in [-0.05, 0) is 20.3 Å². The van der Waals surface area contributed by atoms with Crippen molar-refractivity contribution < 1.29 is 17.9 Å². The summed E-state index contributed by atoms with van der Waals surface area (Å²) < 4.78 is 28.4. The number of carbonyl (C=O) groups is 1. The lowest BCUT2D eigenvalue weighted by atomic mass is 10.1. The molecule has 18 heavy (non-hydrogen) atoms. The van der Waals surface area contributed by atoms with Gasteiger partial charge in [0.1, 0.15) is 0 Å². The molecule has 0 aromatic carbocycles. The van der Waals surface area contributed by atoms with Crippen molar-refractivity contribution in [3.8, 4) is 0 Å². The molecule has 0 heterocycles. The van der Waals surface area contributed by atoms with Gasteiger partial charge < -0.3 is 4.74 Å². The van der Waals surface area contributed by atoms with Crippen LogP contribution in [0.25, 0.3) is 0 Å². The van der Waals surface area contributed by atoms with Crippen molar-refractivity contribution in [1.82, 2.24) is 0 Å². The van der Waals surface area contributed by atoms with Crippen molar-refractivity contribution in [3.05, 3.63) is 0 Å². The molecule has 0 N–H and O–H groups in total. The molecular weight excluding hydrogens is 252 g/mol. The van der Waals surface area contributed by atoms with Gasteiger partial charge in [-0.1, -0.05) is 39.0 Å². The number of sulfone groups is 1. The Balaban J connectivity index is 3.96. The van der Waals surface area contributed by atoms with Crippen LogP contribution in [0.4, 0.5) is 0 Å². The number of hydrogen-bond acceptors (Lipinski definition) is 4. The number of esters is 1. The summed E-state index contributed by atoms with van der Waals surface area (Å²) in [6.45, 7) is 5.44. The maximum absolute atomic E-state index is 11.8. The van der Waals surface area contributed by atoms with Crippen LogP contribution >= 0.6 is 0 Å². The summed E-state index contributed by atoms with van der Waals surface area (Å²) in [5.74, 6) is -0.553. The third kappa shape index (κ3) is 6.99. The van der Waals surface area contributed by atoms with E-state index in [9.17, 15) is 13.2 Å². The van der Waals surface area contributed by atoms with E-state index in [-0.39, 0.29) is 12.4 Å². The third-order valence-corrected chi connectivity index (χ3v) is 5.07. The minimum Gasteiger partial charge on any atom is -0.465 e. The standard InChI is InChI=1S/C13H26O4S/c1-4-6-7-8-9-10-11-18(15,16)12(3)13(14)17-5-2/h12H,4-11H2,1-3H3/t12-/m0/s1. The maximum Gasteiger partial charge on any atom is 0.324 e. The Labute approximate surface area is 111 Å². The molecule has 0 bridgehead atoms. The number of unbranched alkanes of at least 4 members (excludes halogenated alkanes) is 5. The topological polar surface area (TPSA) is 60.4 Å². The molecule has 1 atom stereocenters. The zero-order valence-electron chi connectivity index (χ0n) is 11.8. The fraction of sp³-hybridized carbons (Fsp3) is 0.923. The second-order valence-corrected chi connectivity index (χ2v) is 6.97. The van der Waals surface area contributed by atoms with Gasteiger partial charge in [0.25, 0.3) is 0 Å². The van der Waals surface area contributed by atoms with Crippen molar-refractivity contribution in [1.29, 1.82) is 0 Å². The average molecular weight is 278 g/mol. The minimum atomic E-state index is -3.35. The molecule has 0 unspecified atom stereocenters. The van der Waals surface area contributed by atoms with Gasteiger partial charge >= 0.3 is 5.97 Å². The molecule has 0 saturated heterocycles. The summed E-state index contributed by atoms with van der Waals surface area (Å²) in [5.41, 5.74) is 0. The maximum atomic E-state index is 11.8. The van der Waals surface area contributed by atoms with Crippen molar-refractivity contribution in [3.63, 3.8) is 0 Å². The van der Waals surface area contributed by atoms with E-state index in [1.54, 1.807) is 6.92 Å². The average Bonchev–Trinajstić information content (AvgIpc) is 2.33. The van der Waals surface area contributed by atoms with E-state index < -0.39 is 21.1 Å². The third-order valence-electron chi connectivity index (χ3n) is 2.94. The largest absolute Gasteiger partial charge is 0.465 e. The number of hydrogen-bond donors (Lipinski definition) is 0. The number of carbonyl (C=O) groups excluding carboxylic acids is 1. The zero-order valence-corrected chi connectivity index (χ0v) is 12.6. The summed E-state index contributed by atoms with van der Waals surface area (Å²) in [5, 5.41) is -1.03. The van der Waals surface area contributed by atoms with E-state index in [1.807, 2.05) is 0 Å². The van der Waals surface area contributed by atoms with Crippen LogP contribution in [0.1, 0.15) is 59.3 Å². The lowest BCUT2D eigenvalue weighted by molar-refractivity contribution is -0.142. The van der Waals surface area contributed by atoms with E-state index in [1.165, 1.54) is 19.8 Å². The van der Waals surface area contributed by atoms with Crippen molar-refractivity contribution in [2.45, 2.75) is 64.5 Å². The first-order valence-corrected chi connectivity index (χ1v) is 8.55. The van der Waals surface area contributed by atoms with Crippen molar-refractivity contribution >= 4 is 15.8 Å². The first-order chi connectivity index (χ1) is 8.45. The summed E-state index contributed by atoms with van der Waals surface area (Å²) in [6, 6.07) is 0.